The lowest BCUT2D eigenvalue weighted by molar-refractivity contribution is -0.143. The molecule has 0 aromatic rings. The molecular weight excluding hydrogens is 220 g/mol. The highest BCUT2D eigenvalue weighted by molar-refractivity contribution is 7.99. The number of nitrogens with zero attached hydrogens (tertiary/aromatic N) is 1. The van der Waals surface area contributed by atoms with Crippen LogP contribution >= 0.6 is 11.8 Å². The quantitative estimate of drug-likeness (QED) is 0.822. The van der Waals surface area contributed by atoms with Gasteiger partial charge in [0, 0.05) is 24.4 Å². The lowest BCUT2D eigenvalue weighted by Gasteiger charge is -2.41. The van der Waals surface area contributed by atoms with Crippen LogP contribution in [-0.4, -0.2) is 40.9 Å². The molecule has 2 N–H and O–H groups in total. The Morgan fingerprint density at radius 3 is 2.31 bits per heavy atom. The van der Waals surface area contributed by atoms with E-state index in [2.05, 4.69) is 0 Å². The Hall–Kier alpha value is -0.220. The molecule has 1 fully saturated rings. The summed E-state index contributed by atoms with van der Waals surface area (Å²) in [5.41, 5.74) is 5.08. The highest BCUT2D eigenvalue weighted by Gasteiger charge is 2.43. The molecule has 1 unspecified atom stereocenters. The summed E-state index contributed by atoms with van der Waals surface area (Å²) in [6.45, 7) is 7.71. The molecule has 1 atom stereocenters. The van der Waals surface area contributed by atoms with Crippen molar-refractivity contribution >= 4 is 17.7 Å². The maximum Gasteiger partial charge on any atom is 0.230 e. The molecule has 0 saturated carbocycles. The van der Waals surface area contributed by atoms with Crippen molar-refractivity contribution in [2.45, 2.75) is 45.7 Å². The molecule has 0 radical (unpaired) electrons. The maximum absolute atomic E-state index is 12.4. The van der Waals surface area contributed by atoms with E-state index in [4.69, 9.17) is 5.73 Å². The Labute approximate surface area is 103 Å². The molecule has 4 heteroatoms. The van der Waals surface area contributed by atoms with E-state index >= 15 is 0 Å². The van der Waals surface area contributed by atoms with Gasteiger partial charge in [0.05, 0.1) is 5.41 Å². The number of nitrogens with two attached hydrogens (primary N) is 1. The number of hydrogen-bond donors (Lipinski definition) is 1. The first-order valence-corrected chi connectivity index (χ1v) is 6.97. The van der Waals surface area contributed by atoms with Crippen LogP contribution in [0.2, 0.25) is 0 Å². The number of hydrogen-bond acceptors (Lipinski definition) is 3. The van der Waals surface area contributed by atoms with Crippen LogP contribution in [-0.2, 0) is 4.79 Å². The second-order valence-corrected chi connectivity index (χ2v) is 6.93. The summed E-state index contributed by atoms with van der Waals surface area (Å²) in [4.78, 5) is 14.3. The smallest absolute Gasteiger partial charge is 0.230 e. The molecule has 0 spiro atoms. The van der Waals surface area contributed by atoms with Gasteiger partial charge >= 0.3 is 0 Å². The fourth-order valence-electron chi connectivity index (χ4n) is 1.71. The number of rotatable bonds is 3. The van der Waals surface area contributed by atoms with Gasteiger partial charge in [-0.2, -0.15) is 11.8 Å². The molecule has 1 rings (SSSR count). The molecule has 3 nitrogen and oxygen atoms in total. The third kappa shape index (κ3) is 2.54. The minimum Gasteiger partial charge on any atom is -0.341 e. The van der Waals surface area contributed by atoms with Gasteiger partial charge in [-0.15, -0.1) is 0 Å². The first-order valence-electron chi connectivity index (χ1n) is 5.82. The molecule has 94 valence electrons. The van der Waals surface area contributed by atoms with E-state index in [-0.39, 0.29) is 5.91 Å². The third-order valence-electron chi connectivity index (χ3n) is 3.92. The molecule has 0 bridgehead atoms. The minimum atomic E-state index is -0.519. The number of carbonyl (C=O) groups excluding carboxylic acids is 1. The van der Waals surface area contributed by atoms with Crippen LogP contribution in [0.15, 0.2) is 0 Å². The van der Waals surface area contributed by atoms with Crippen LogP contribution in [0.1, 0.15) is 34.1 Å². The normalized spacial score (nSPS) is 22.2. The zero-order valence-electron chi connectivity index (χ0n) is 11.0. The molecule has 1 amide bonds. The van der Waals surface area contributed by atoms with E-state index in [1.165, 1.54) is 0 Å². The zero-order valence-corrected chi connectivity index (χ0v) is 11.9. The second-order valence-electron chi connectivity index (χ2n) is 5.78. The Morgan fingerprint density at radius 1 is 1.38 bits per heavy atom. The first-order chi connectivity index (χ1) is 7.18. The SMILES string of the molecule is CN(C(=O)C(C)(C)C(C)(C)N)C1CCSC1. The van der Waals surface area contributed by atoms with E-state index in [1.54, 1.807) is 0 Å². The van der Waals surface area contributed by atoms with Crippen molar-refractivity contribution in [2.75, 3.05) is 18.6 Å². The molecule has 1 heterocycles. The van der Waals surface area contributed by atoms with Gasteiger partial charge < -0.3 is 10.6 Å². The summed E-state index contributed by atoms with van der Waals surface area (Å²) in [6, 6.07) is 0.388. The summed E-state index contributed by atoms with van der Waals surface area (Å²) in [7, 11) is 1.91. The van der Waals surface area contributed by atoms with Crippen molar-refractivity contribution in [3.63, 3.8) is 0 Å². The van der Waals surface area contributed by atoms with Gasteiger partial charge in [-0.3, -0.25) is 4.79 Å². The molecule has 16 heavy (non-hydrogen) atoms. The predicted molar refractivity (Wildman–Crippen MR) is 70.5 cm³/mol. The van der Waals surface area contributed by atoms with Crippen molar-refractivity contribution in [2.24, 2.45) is 11.1 Å². The molecule has 1 saturated heterocycles. The van der Waals surface area contributed by atoms with Crippen LogP contribution in [0.4, 0.5) is 0 Å². The van der Waals surface area contributed by atoms with Gasteiger partial charge in [-0.25, -0.2) is 0 Å². The molecule has 0 aromatic heterocycles. The zero-order chi connectivity index (χ0) is 12.6. The number of amides is 1. The summed E-state index contributed by atoms with van der Waals surface area (Å²) >= 11 is 1.92. The van der Waals surface area contributed by atoms with E-state index in [0.717, 1.165) is 17.9 Å². The topological polar surface area (TPSA) is 46.3 Å². The fraction of sp³-hybridized carbons (Fsp3) is 0.917. The van der Waals surface area contributed by atoms with Gasteiger partial charge in [-0.1, -0.05) is 0 Å². The van der Waals surface area contributed by atoms with E-state index in [1.807, 2.05) is 51.4 Å². The molecule has 1 aliphatic rings. The van der Waals surface area contributed by atoms with Gasteiger partial charge in [0.1, 0.15) is 0 Å². The number of carbonyl (C=O) groups is 1. The van der Waals surface area contributed by atoms with Crippen LogP contribution in [0.3, 0.4) is 0 Å². The van der Waals surface area contributed by atoms with Crippen LogP contribution < -0.4 is 5.73 Å². The van der Waals surface area contributed by atoms with Gasteiger partial charge in [0.25, 0.3) is 0 Å². The van der Waals surface area contributed by atoms with Gasteiger partial charge in [0.15, 0.2) is 0 Å². The lowest BCUT2D eigenvalue weighted by Crippen LogP contribution is -2.57. The van der Waals surface area contributed by atoms with Gasteiger partial charge in [0.2, 0.25) is 5.91 Å². The third-order valence-corrected chi connectivity index (χ3v) is 5.06. The van der Waals surface area contributed by atoms with Crippen molar-refractivity contribution < 1.29 is 4.79 Å². The largest absolute Gasteiger partial charge is 0.341 e. The standard InChI is InChI=1S/C12H24N2OS/c1-11(2,12(3,4)13)10(15)14(5)9-6-7-16-8-9/h9H,6-8,13H2,1-5H3. The van der Waals surface area contributed by atoms with Crippen LogP contribution in [0, 0.1) is 5.41 Å². The van der Waals surface area contributed by atoms with E-state index in [0.29, 0.717) is 6.04 Å². The van der Waals surface area contributed by atoms with E-state index in [9.17, 15) is 4.79 Å². The molecule has 0 aliphatic carbocycles. The predicted octanol–water partition coefficient (Wildman–Crippen LogP) is 1.71. The minimum absolute atomic E-state index is 0.160. The lowest BCUT2D eigenvalue weighted by atomic mass is 9.74. The highest BCUT2D eigenvalue weighted by Crippen LogP contribution is 2.32. The summed E-state index contributed by atoms with van der Waals surface area (Å²) in [5.74, 6) is 2.38. The summed E-state index contributed by atoms with van der Waals surface area (Å²) in [5, 5.41) is 0. The maximum atomic E-state index is 12.4. The second kappa shape index (κ2) is 4.57. The molecule has 1 aliphatic heterocycles. The van der Waals surface area contributed by atoms with E-state index < -0.39 is 11.0 Å². The number of thioether (sulfide) groups is 1. The Kier molecular flexibility index (Phi) is 3.95. The summed E-state index contributed by atoms with van der Waals surface area (Å²) < 4.78 is 0. The van der Waals surface area contributed by atoms with Crippen molar-refractivity contribution in [1.82, 2.24) is 4.90 Å². The van der Waals surface area contributed by atoms with Gasteiger partial charge in [-0.05, 0) is 39.9 Å². The monoisotopic (exact) mass is 244 g/mol. The average molecular weight is 244 g/mol. The Balaban J connectivity index is 2.76. The average Bonchev–Trinajstić information content (AvgIpc) is 2.66. The van der Waals surface area contributed by atoms with Crippen molar-refractivity contribution in [3.8, 4) is 0 Å². The molecular formula is C12H24N2OS. The summed E-state index contributed by atoms with van der Waals surface area (Å²) in [6.07, 6.45) is 1.11. The molecule has 0 aromatic carbocycles. The fourth-order valence-corrected chi connectivity index (χ4v) is 2.98. The highest BCUT2D eigenvalue weighted by atomic mass is 32.2. The van der Waals surface area contributed by atoms with Crippen LogP contribution in [0.25, 0.3) is 0 Å². The Morgan fingerprint density at radius 2 is 1.94 bits per heavy atom. The Bertz CT molecular complexity index is 265. The first kappa shape index (κ1) is 13.8. The van der Waals surface area contributed by atoms with Crippen LogP contribution in [0.5, 0.6) is 0 Å². The van der Waals surface area contributed by atoms with Crippen molar-refractivity contribution in [1.29, 1.82) is 0 Å². The van der Waals surface area contributed by atoms with Crippen molar-refractivity contribution in [3.05, 3.63) is 0 Å².